The molecule has 0 fully saturated rings. The van der Waals surface area contributed by atoms with Gasteiger partial charge in [-0.05, 0) is 36.4 Å². The molecule has 0 saturated carbocycles. The average molecular weight is 283 g/mol. The maximum atomic E-state index is 11.6. The molecule has 0 saturated heterocycles. The van der Waals surface area contributed by atoms with Gasteiger partial charge in [0.1, 0.15) is 6.61 Å². The van der Waals surface area contributed by atoms with Gasteiger partial charge in [-0.3, -0.25) is 9.59 Å². The zero-order chi connectivity index (χ0) is 12.0. The van der Waals surface area contributed by atoms with Gasteiger partial charge in [-0.1, -0.05) is 15.9 Å². The molecule has 1 aromatic carbocycles. The molecule has 0 atom stereocenters. The summed E-state index contributed by atoms with van der Waals surface area (Å²) in [6.07, 6.45) is 2.91. The van der Waals surface area contributed by atoms with Gasteiger partial charge in [0, 0.05) is 17.0 Å². The Hall–Kier alpha value is -1.42. The van der Waals surface area contributed by atoms with Crippen molar-refractivity contribution in [2.24, 2.45) is 0 Å². The van der Waals surface area contributed by atoms with Crippen LogP contribution in [0.1, 0.15) is 17.3 Å². The minimum absolute atomic E-state index is 0.111. The Bertz CT molecular complexity index is 407. The minimum Gasteiger partial charge on any atom is -0.462 e. The molecule has 1 rings (SSSR count). The molecule has 0 aliphatic rings. The summed E-state index contributed by atoms with van der Waals surface area (Å²) in [7, 11) is 0. The Labute approximate surface area is 102 Å². The van der Waals surface area contributed by atoms with E-state index in [1.807, 2.05) is 0 Å². The van der Waals surface area contributed by atoms with Crippen molar-refractivity contribution < 1.29 is 14.3 Å². The highest BCUT2D eigenvalue weighted by molar-refractivity contribution is 9.10. The standard InChI is InChI=1S/C12H11BrO3/c1-9(14)16-8-2-3-12(15)10-4-6-11(13)7-5-10/h2-7H,8H2,1H3/b3-2+. The maximum absolute atomic E-state index is 11.6. The molecule has 0 aromatic heterocycles. The first kappa shape index (κ1) is 12.6. The minimum atomic E-state index is -0.360. The van der Waals surface area contributed by atoms with E-state index in [2.05, 4.69) is 20.7 Å². The Morgan fingerprint density at radius 3 is 2.50 bits per heavy atom. The summed E-state index contributed by atoms with van der Waals surface area (Å²) in [5.74, 6) is -0.472. The van der Waals surface area contributed by atoms with Crippen LogP contribution < -0.4 is 0 Å². The molecule has 0 spiro atoms. The Morgan fingerprint density at radius 1 is 1.31 bits per heavy atom. The van der Waals surface area contributed by atoms with E-state index in [0.29, 0.717) is 5.56 Å². The van der Waals surface area contributed by atoms with E-state index in [4.69, 9.17) is 0 Å². The molecular formula is C12H11BrO3. The molecule has 0 unspecified atom stereocenters. The number of hydrogen-bond donors (Lipinski definition) is 0. The van der Waals surface area contributed by atoms with Crippen molar-refractivity contribution >= 4 is 27.7 Å². The van der Waals surface area contributed by atoms with Crippen LogP contribution in [-0.2, 0) is 9.53 Å². The molecular weight excluding hydrogens is 272 g/mol. The average Bonchev–Trinajstić information content (AvgIpc) is 2.25. The number of halogens is 1. The first-order valence-corrected chi connectivity index (χ1v) is 5.48. The van der Waals surface area contributed by atoms with Crippen LogP contribution in [0.25, 0.3) is 0 Å². The van der Waals surface area contributed by atoms with Crippen LogP contribution in [-0.4, -0.2) is 18.4 Å². The SMILES string of the molecule is CC(=O)OC/C=C/C(=O)c1ccc(Br)cc1. The van der Waals surface area contributed by atoms with Crippen molar-refractivity contribution in [2.75, 3.05) is 6.61 Å². The number of rotatable bonds is 4. The summed E-state index contributed by atoms with van der Waals surface area (Å²) in [5, 5.41) is 0. The molecule has 0 heterocycles. The quantitative estimate of drug-likeness (QED) is 0.485. The van der Waals surface area contributed by atoms with E-state index in [-0.39, 0.29) is 18.4 Å². The first-order valence-electron chi connectivity index (χ1n) is 4.69. The Balaban J connectivity index is 2.52. The number of ketones is 1. The van der Waals surface area contributed by atoms with Crippen molar-refractivity contribution in [3.05, 3.63) is 46.5 Å². The van der Waals surface area contributed by atoms with Gasteiger partial charge < -0.3 is 4.74 Å². The van der Waals surface area contributed by atoms with E-state index in [1.165, 1.54) is 19.1 Å². The molecule has 1 aromatic rings. The van der Waals surface area contributed by atoms with Gasteiger partial charge in [0.05, 0.1) is 0 Å². The third-order valence-electron chi connectivity index (χ3n) is 1.78. The fourth-order valence-electron chi connectivity index (χ4n) is 1.03. The predicted molar refractivity (Wildman–Crippen MR) is 64.2 cm³/mol. The molecule has 0 aliphatic carbocycles. The second kappa shape index (κ2) is 6.23. The number of ether oxygens (including phenoxy) is 1. The highest BCUT2D eigenvalue weighted by atomic mass is 79.9. The largest absolute Gasteiger partial charge is 0.462 e. The second-order valence-electron chi connectivity index (χ2n) is 3.08. The smallest absolute Gasteiger partial charge is 0.302 e. The maximum Gasteiger partial charge on any atom is 0.302 e. The third-order valence-corrected chi connectivity index (χ3v) is 2.31. The van der Waals surface area contributed by atoms with E-state index >= 15 is 0 Å². The van der Waals surface area contributed by atoms with Gasteiger partial charge >= 0.3 is 5.97 Å². The zero-order valence-corrected chi connectivity index (χ0v) is 10.4. The number of allylic oxidation sites excluding steroid dienone is 1. The molecule has 16 heavy (non-hydrogen) atoms. The lowest BCUT2D eigenvalue weighted by atomic mass is 10.1. The van der Waals surface area contributed by atoms with Crippen molar-refractivity contribution in [2.45, 2.75) is 6.92 Å². The summed E-state index contributed by atoms with van der Waals surface area (Å²) < 4.78 is 5.59. The van der Waals surface area contributed by atoms with Gasteiger partial charge in [0.15, 0.2) is 5.78 Å². The lowest BCUT2D eigenvalue weighted by molar-refractivity contribution is -0.139. The highest BCUT2D eigenvalue weighted by Gasteiger charge is 2.00. The van der Waals surface area contributed by atoms with Gasteiger partial charge in [-0.2, -0.15) is 0 Å². The second-order valence-corrected chi connectivity index (χ2v) is 3.99. The van der Waals surface area contributed by atoms with Crippen LogP contribution >= 0.6 is 15.9 Å². The van der Waals surface area contributed by atoms with Gasteiger partial charge in [-0.25, -0.2) is 0 Å². The zero-order valence-electron chi connectivity index (χ0n) is 8.77. The van der Waals surface area contributed by atoms with E-state index in [0.717, 1.165) is 4.47 Å². The van der Waals surface area contributed by atoms with Crippen molar-refractivity contribution in [3.63, 3.8) is 0 Å². The van der Waals surface area contributed by atoms with Crippen LogP contribution in [0.15, 0.2) is 40.9 Å². The van der Waals surface area contributed by atoms with Crippen LogP contribution in [0.5, 0.6) is 0 Å². The summed E-state index contributed by atoms with van der Waals surface area (Å²) in [6, 6.07) is 7.05. The molecule has 3 nitrogen and oxygen atoms in total. The number of carbonyl (C=O) groups is 2. The fraction of sp³-hybridized carbons (Fsp3) is 0.167. The van der Waals surface area contributed by atoms with Crippen LogP contribution in [0.4, 0.5) is 0 Å². The van der Waals surface area contributed by atoms with Crippen molar-refractivity contribution in [1.82, 2.24) is 0 Å². The van der Waals surface area contributed by atoms with Gasteiger partial charge in [0.2, 0.25) is 0 Å². The Morgan fingerprint density at radius 2 is 1.94 bits per heavy atom. The number of benzene rings is 1. The third kappa shape index (κ3) is 4.40. The predicted octanol–water partition coefficient (Wildman–Crippen LogP) is 2.75. The lowest BCUT2D eigenvalue weighted by Gasteiger charge is -1.96. The summed E-state index contributed by atoms with van der Waals surface area (Å²) >= 11 is 3.29. The molecule has 4 heteroatoms. The van der Waals surface area contributed by atoms with E-state index in [1.54, 1.807) is 24.3 Å². The number of carbonyl (C=O) groups excluding carboxylic acids is 2. The summed E-state index contributed by atoms with van der Waals surface area (Å²) in [6.45, 7) is 1.45. The van der Waals surface area contributed by atoms with Gasteiger partial charge in [0.25, 0.3) is 0 Å². The molecule has 0 radical (unpaired) electrons. The first-order chi connectivity index (χ1) is 7.59. The van der Waals surface area contributed by atoms with Crippen LogP contribution in [0, 0.1) is 0 Å². The van der Waals surface area contributed by atoms with E-state index < -0.39 is 0 Å². The number of esters is 1. The van der Waals surface area contributed by atoms with Crippen LogP contribution in [0.2, 0.25) is 0 Å². The summed E-state index contributed by atoms with van der Waals surface area (Å²) in [5.41, 5.74) is 0.599. The van der Waals surface area contributed by atoms with Crippen LogP contribution in [0.3, 0.4) is 0 Å². The monoisotopic (exact) mass is 282 g/mol. The number of hydrogen-bond acceptors (Lipinski definition) is 3. The van der Waals surface area contributed by atoms with Gasteiger partial charge in [-0.15, -0.1) is 0 Å². The molecule has 0 bridgehead atoms. The van der Waals surface area contributed by atoms with Crippen molar-refractivity contribution in [3.8, 4) is 0 Å². The summed E-state index contributed by atoms with van der Waals surface area (Å²) in [4.78, 5) is 22.0. The molecule has 0 amide bonds. The molecule has 0 aliphatic heterocycles. The topological polar surface area (TPSA) is 43.4 Å². The lowest BCUT2D eigenvalue weighted by Crippen LogP contribution is -1.99. The molecule has 84 valence electrons. The normalized spacial score (nSPS) is 10.4. The fourth-order valence-corrected chi connectivity index (χ4v) is 1.30. The molecule has 0 N–H and O–H groups in total. The highest BCUT2D eigenvalue weighted by Crippen LogP contribution is 2.11. The van der Waals surface area contributed by atoms with E-state index in [9.17, 15) is 9.59 Å². The van der Waals surface area contributed by atoms with Crippen molar-refractivity contribution in [1.29, 1.82) is 0 Å². The Kier molecular flexibility index (Phi) is 4.92.